The normalized spacial score (nSPS) is 17.6. The molecule has 8 nitrogen and oxygen atoms in total. The standard InChI is InChI=1S/C17H21ClN4O4S/c1-12-11-16(20-26-12)19-17(23)13(2)21-7-9-22(10-8-21)27(24,25)15-5-3-14(18)4-6-15/h3-6,11,13H,7-10H2,1-2H3,(H,19,20,23)/p+1/t13-/m0/s1. The number of sulfonamides is 1. The minimum atomic E-state index is -3.56. The first kappa shape index (κ1) is 19.8. The van der Waals surface area contributed by atoms with Crippen LogP contribution in [0.4, 0.5) is 5.82 Å². The molecule has 1 aliphatic rings. The van der Waals surface area contributed by atoms with Crippen molar-refractivity contribution in [2.45, 2.75) is 24.8 Å². The summed E-state index contributed by atoms with van der Waals surface area (Å²) in [4.78, 5) is 13.6. The average Bonchev–Trinajstić information content (AvgIpc) is 3.06. The lowest BCUT2D eigenvalue weighted by atomic mass is 10.2. The van der Waals surface area contributed by atoms with Crippen molar-refractivity contribution in [2.24, 2.45) is 0 Å². The van der Waals surface area contributed by atoms with Crippen LogP contribution < -0.4 is 10.2 Å². The fourth-order valence-electron chi connectivity index (χ4n) is 3.05. The van der Waals surface area contributed by atoms with Crippen molar-refractivity contribution >= 4 is 33.3 Å². The monoisotopic (exact) mass is 413 g/mol. The van der Waals surface area contributed by atoms with Crippen molar-refractivity contribution in [1.29, 1.82) is 0 Å². The number of benzene rings is 1. The van der Waals surface area contributed by atoms with Gasteiger partial charge in [-0.1, -0.05) is 16.8 Å². The van der Waals surface area contributed by atoms with E-state index in [9.17, 15) is 13.2 Å². The maximum Gasteiger partial charge on any atom is 0.283 e. The topological polar surface area (TPSA) is 97.0 Å². The predicted octanol–water partition coefficient (Wildman–Crippen LogP) is 0.553. The number of amides is 1. The molecule has 27 heavy (non-hydrogen) atoms. The number of anilines is 1. The number of nitrogens with one attached hydrogen (secondary N) is 2. The second-order valence-corrected chi connectivity index (χ2v) is 8.92. The molecule has 1 fully saturated rings. The van der Waals surface area contributed by atoms with Gasteiger partial charge >= 0.3 is 0 Å². The summed E-state index contributed by atoms with van der Waals surface area (Å²) in [5.74, 6) is 0.825. The first-order valence-corrected chi connectivity index (χ1v) is 10.4. The molecule has 2 heterocycles. The minimum Gasteiger partial charge on any atom is -0.360 e. The third-order valence-electron chi connectivity index (χ3n) is 4.70. The smallest absolute Gasteiger partial charge is 0.283 e. The first-order chi connectivity index (χ1) is 12.8. The van der Waals surface area contributed by atoms with Gasteiger partial charge in [-0.15, -0.1) is 0 Å². The van der Waals surface area contributed by atoms with Gasteiger partial charge in [-0.25, -0.2) is 8.42 Å². The molecule has 1 atom stereocenters. The summed E-state index contributed by atoms with van der Waals surface area (Å²) in [5.41, 5.74) is 0. The lowest BCUT2D eigenvalue weighted by Gasteiger charge is -2.34. The number of quaternary nitrogens is 1. The molecule has 10 heteroatoms. The van der Waals surface area contributed by atoms with Gasteiger partial charge in [0.15, 0.2) is 11.9 Å². The molecule has 0 spiro atoms. The van der Waals surface area contributed by atoms with Crippen LogP contribution in [0.5, 0.6) is 0 Å². The highest BCUT2D eigenvalue weighted by atomic mass is 35.5. The van der Waals surface area contributed by atoms with Crippen LogP contribution in [0.15, 0.2) is 39.8 Å². The summed E-state index contributed by atoms with van der Waals surface area (Å²) in [6.07, 6.45) is 0. The number of carbonyl (C=O) groups is 1. The number of hydrogen-bond donors (Lipinski definition) is 2. The van der Waals surface area contributed by atoms with E-state index >= 15 is 0 Å². The zero-order valence-electron chi connectivity index (χ0n) is 15.1. The molecule has 0 radical (unpaired) electrons. The van der Waals surface area contributed by atoms with Crippen LogP contribution in [0.3, 0.4) is 0 Å². The van der Waals surface area contributed by atoms with Gasteiger partial charge in [0.25, 0.3) is 5.91 Å². The molecular formula is C17H22ClN4O4S+. The van der Waals surface area contributed by atoms with Crippen LogP contribution in [0.2, 0.25) is 5.02 Å². The number of hydrogen-bond acceptors (Lipinski definition) is 5. The van der Waals surface area contributed by atoms with E-state index in [1.807, 2.05) is 6.92 Å². The molecule has 1 aromatic carbocycles. The van der Waals surface area contributed by atoms with Crippen LogP contribution in [-0.4, -0.2) is 56.0 Å². The first-order valence-electron chi connectivity index (χ1n) is 8.62. The summed E-state index contributed by atoms with van der Waals surface area (Å²) in [7, 11) is -3.56. The molecule has 3 rings (SSSR count). The Balaban J connectivity index is 1.59. The van der Waals surface area contributed by atoms with Gasteiger partial charge in [0.1, 0.15) is 5.76 Å². The third-order valence-corrected chi connectivity index (χ3v) is 6.87. The van der Waals surface area contributed by atoms with Gasteiger partial charge in [0.05, 0.1) is 31.1 Å². The number of rotatable bonds is 5. The van der Waals surface area contributed by atoms with E-state index in [4.69, 9.17) is 16.1 Å². The second kappa shape index (κ2) is 7.97. The van der Waals surface area contributed by atoms with Gasteiger partial charge < -0.3 is 14.7 Å². The predicted molar refractivity (Wildman–Crippen MR) is 100 cm³/mol. The summed E-state index contributed by atoms with van der Waals surface area (Å²) in [5, 5.41) is 6.97. The fraction of sp³-hybridized carbons (Fsp3) is 0.412. The quantitative estimate of drug-likeness (QED) is 0.746. The summed E-state index contributed by atoms with van der Waals surface area (Å²) >= 11 is 5.83. The highest BCUT2D eigenvalue weighted by Gasteiger charge is 2.34. The highest BCUT2D eigenvalue weighted by Crippen LogP contribution is 2.18. The van der Waals surface area contributed by atoms with Crippen molar-refractivity contribution in [2.75, 3.05) is 31.5 Å². The molecule has 1 aliphatic heterocycles. The average molecular weight is 414 g/mol. The van der Waals surface area contributed by atoms with E-state index in [1.54, 1.807) is 25.1 Å². The molecule has 146 valence electrons. The van der Waals surface area contributed by atoms with Crippen molar-refractivity contribution < 1.29 is 22.6 Å². The van der Waals surface area contributed by atoms with Gasteiger partial charge in [-0.05, 0) is 38.1 Å². The second-order valence-electron chi connectivity index (χ2n) is 6.55. The van der Waals surface area contributed by atoms with Crippen molar-refractivity contribution in [3.05, 3.63) is 41.1 Å². The number of aryl methyl sites for hydroxylation is 1. The lowest BCUT2D eigenvalue weighted by Crippen LogP contribution is -3.19. The third kappa shape index (κ3) is 4.49. The van der Waals surface area contributed by atoms with Crippen LogP contribution in [0.25, 0.3) is 0 Å². The fourth-order valence-corrected chi connectivity index (χ4v) is 4.62. The molecule has 1 amide bonds. The van der Waals surface area contributed by atoms with Crippen LogP contribution in [0, 0.1) is 6.92 Å². The van der Waals surface area contributed by atoms with Crippen molar-refractivity contribution in [3.8, 4) is 0 Å². The van der Waals surface area contributed by atoms with Gasteiger partial charge in [-0.3, -0.25) is 4.79 Å². The van der Waals surface area contributed by atoms with E-state index in [2.05, 4.69) is 10.5 Å². The lowest BCUT2D eigenvalue weighted by molar-refractivity contribution is -0.917. The Labute approximate surface area is 163 Å². The maximum absolute atomic E-state index is 12.7. The Morgan fingerprint density at radius 2 is 1.93 bits per heavy atom. The van der Waals surface area contributed by atoms with Crippen LogP contribution in [-0.2, 0) is 14.8 Å². The largest absolute Gasteiger partial charge is 0.360 e. The molecule has 0 bridgehead atoms. The zero-order chi connectivity index (χ0) is 19.6. The molecule has 1 aromatic heterocycles. The van der Waals surface area contributed by atoms with Gasteiger partial charge in [-0.2, -0.15) is 4.31 Å². The Morgan fingerprint density at radius 1 is 1.30 bits per heavy atom. The molecule has 2 aromatic rings. The Kier molecular flexibility index (Phi) is 5.85. The molecule has 0 aliphatic carbocycles. The van der Waals surface area contributed by atoms with E-state index in [1.165, 1.54) is 16.4 Å². The number of nitrogens with zero attached hydrogens (tertiary/aromatic N) is 2. The van der Waals surface area contributed by atoms with E-state index < -0.39 is 10.0 Å². The molecule has 0 unspecified atom stereocenters. The summed E-state index contributed by atoms with van der Waals surface area (Å²) in [6, 6.07) is 7.46. The minimum absolute atomic E-state index is 0.174. The van der Waals surface area contributed by atoms with Crippen molar-refractivity contribution in [3.63, 3.8) is 0 Å². The van der Waals surface area contributed by atoms with E-state index in [0.717, 1.165) is 4.90 Å². The number of piperazine rings is 1. The van der Waals surface area contributed by atoms with Crippen molar-refractivity contribution in [1.82, 2.24) is 9.46 Å². The highest BCUT2D eigenvalue weighted by molar-refractivity contribution is 7.89. The molecular weight excluding hydrogens is 392 g/mol. The summed E-state index contributed by atoms with van der Waals surface area (Å²) < 4.78 is 31.8. The Hall–Kier alpha value is -1.94. The van der Waals surface area contributed by atoms with Gasteiger partial charge in [0, 0.05) is 11.1 Å². The van der Waals surface area contributed by atoms with Gasteiger partial charge in [0.2, 0.25) is 10.0 Å². The van der Waals surface area contributed by atoms with Crippen LogP contribution >= 0.6 is 11.6 Å². The van der Waals surface area contributed by atoms with Crippen LogP contribution in [0.1, 0.15) is 12.7 Å². The SMILES string of the molecule is Cc1cc(NC(=O)[C@H](C)[NH+]2CCN(S(=O)(=O)c3ccc(Cl)cc3)CC2)no1. The van der Waals surface area contributed by atoms with E-state index in [-0.39, 0.29) is 16.8 Å². The number of carbonyl (C=O) groups excluding carboxylic acids is 1. The number of aromatic nitrogens is 1. The Morgan fingerprint density at radius 3 is 2.48 bits per heavy atom. The molecule has 0 saturated carbocycles. The number of halogens is 1. The zero-order valence-corrected chi connectivity index (χ0v) is 16.7. The van der Waals surface area contributed by atoms with E-state index in [0.29, 0.717) is 42.8 Å². The Bertz CT molecular complexity index is 905. The molecule has 2 N–H and O–H groups in total. The molecule has 1 saturated heterocycles. The maximum atomic E-state index is 12.7. The summed E-state index contributed by atoms with van der Waals surface area (Å²) in [6.45, 7) is 5.35.